The first-order valence-electron chi connectivity index (χ1n) is 5.90. The lowest BCUT2D eigenvalue weighted by Gasteiger charge is -2.31. The fourth-order valence-corrected chi connectivity index (χ4v) is 2.60. The molecule has 5 heteroatoms. The molecule has 0 aliphatic rings. The van der Waals surface area contributed by atoms with E-state index in [4.69, 9.17) is 5.11 Å². The third-order valence-electron chi connectivity index (χ3n) is 2.35. The molecule has 4 nitrogen and oxygen atoms in total. The highest BCUT2D eigenvalue weighted by atomic mass is 32.2. The minimum atomic E-state index is -0.818. The van der Waals surface area contributed by atoms with Crippen molar-refractivity contribution in [3.05, 3.63) is 0 Å². The van der Waals surface area contributed by atoms with E-state index in [9.17, 15) is 9.59 Å². The Bertz CT molecular complexity index is 258. The predicted octanol–water partition coefficient (Wildman–Crippen LogP) is 2.23. The normalized spacial score (nSPS) is 12.9. The second-order valence-corrected chi connectivity index (χ2v) is 6.13. The zero-order valence-electron chi connectivity index (χ0n) is 11.3. The van der Waals surface area contributed by atoms with Crippen molar-refractivity contribution in [1.82, 2.24) is 4.90 Å². The molecule has 0 aromatic carbocycles. The lowest BCUT2D eigenvalue weighted by Crippen LogP contribution is -2.43. The SMILES string of the molecule is CC(CC(=O)O)SCC(=O)N(C(C)C)C(C)C. The molecule has 17 heavy (non-hydrogen) atoms. The Morgan fingerprint density at radius 3 is 1.94 bits per heavy atom. The van der Waals surface area contributed by atoms with Crippen molar-refractivity contribution in [3.8, 4) is 0 Å². The first kappa shape index (κ1) is 16.3. The van der Waals surface area contributed by atoms with Crippen LogP contribution >= 0.6 is 11.8 Å². The van der Waals surface area contributed by atoms with Gasteiger partial charge in [-0.15, -0.1) is 11.8 Å². The Morgan fingerprint density at radius 2 is 1.59 bits per heavy atom. The van der Waals surface area contributed by atoms with Crippen LogP contribution in [-0.4, -0.2) is 45.0 Å². The molecule has 0 fully saturated rings. The fraction of sp³-hybridized carbons (Fsp3) is 0.833. The van der Waals surface area contributed by atoms with E-state index in [1.807, 2.05) is 39.5 Å². The van der Waals surface area contributed by atoms with Gasteiger partial charge in [0.1, 0.15) is 0 Å². The highest BCUT2D eigenvalue weighted by molar-refractivity contribution is 8.00. The summed E-state index contributed by atoms with van der Waals surface area (Å²) in [6, 6.07) is 0.357. The van der Waals surface area contributed by atoms with Gasteiger partial charge in [-0.3, -0.25) is 9.59 Å². The number of thioether (sulfide) groups is 1. The van der Waals surface area contributed by atoms with E-state index in [0.717, 1.165) is 0 Å². The lowest BCUT2D eigenvalue weighted by molar-refractivity contribution is -0.137. The Hall–Kier alpha value is -0.710. The number of hydrogen-bond donors (Lipinski definition) is 1. The van der Waals surface area contributed by atoms with Crippen LogP contribution in [0, 0.1) is 0 Å². The van der Waals surface area contributed by atoms with Gasteiger partial charge < -0.3 is 10.0 Å². The summed E-state index contributed by atoms with van der Waals surface area (Å²) in [7, 11) is 0. The monoisotopic (exact) mass is 261 g/mol. The Morgan fingerprint density at radius 1 is 1.12 bits per heavy atom. The molecule has 1 unspecified atom stereocenters. The summed E-state index contributed by atoms with van der Waals surface area (Å²) >= 11 is 1.40. The standard InChI is InChI=1S/C12H23NO3S/c1-8(2)13(9(3)4)11(14)7-17-10(5)6-12(15)16/h8-10H,6-7H2,1-5H3,(H,15,16). The van der Waals surface area contributed by atoms with Gasteiger partial charge in [0.2, 0.25) is 5.91 Å². The van der Waals surface area contributed by atoms with E-state index in [-0.39, 0.29) is 29.7 Å². The number of carboxylic acids is 1. The minimum absolute atomic E-state index is 0.0300. The van der Waals surface area contributed by atoms with Gasteiger partial charge in [0.15, 0.2) is 0 Å². The summed E-state index contributed by atoms with van der Waals surface area (Å²) in [6.45, 7) is 9.79. The lowest BCUT2D eigenvalue weighted by atomic mass is 10.2. The Balaban J connectivity index is 4.19. The number of nitrogens with zero attached hydrogens (tertiary/aromatic N) is 1. The van der Waals surface area contributed by atoms with Crippen LogP contribution in [0.3, 0.4) is 0 Å². The number of amides is 1. The molecule has 0 saturated carbocycles. The highest BCUT2D eigenvalue weighted by Gasteiger charge is 2.20. The van der Waals surface area contributed by atoms with Crippen molar-refractivity contribution in [2.24, 2.45) is 0 Å². The summed E-state index contributed by atoms with van der Waals surface area (Å²) < 4.78 is 0. The van der Waals surface area contributed by atoms with Gasteiger partial charge in [-0.05, 0) is 27.7 Å². The maximum atomic E-state index is 12.0. The van der Waals surface area contributed by atoms with E-state index in [2.05, 4.69) is 0 Å². The van der Waals surface area contributed by atoms with Gasteiger partial charge in [-0.25, -0.2) is 0 Å². The van der Waals surface area contributed by atoms with Crippen molar-refractivity contribution >= 4 is 23.6 Å². The third kappa shape index (κ3) is 6.56. The molecule has 0 spiro atoms. The molecule has 0 aliphatic carbocycles. The molecular weight excluding hydrogens is 238 g/mol. The van der Waals surface area contributed by atoms with E-state index in [0.29, 0.717) is 5.75 Å². The number of carbonyl (C=O) groups is 2. The van der Waals surface area contributed by atoms with E-state index >= 15 is 0 Å². The summed E-state index contributed by atoms with van der Waals surface area (Å²) in [4.78, 5) is 24.3. The molecule has 0 bridgehead atoms. The molecular formula is C12H23NO3S. The van der Waals surface area contributed by atoms with Crippen LogP contribution in [0.2, 0.25) is 0 Å². The van der Waals surface area contributed by atoms with Crippen LogP contribution < -0.4 is 0 Å². The van der Waals surface area contributed by atoms with Crippen LogP contribution in [0.15, 0.2) is 0 Å². The Kier molecular flexibility index (Phi) is 7.27. The van der Waals surface area contributed by atoms with Crippen LogP contribution in [0.4, 0.5) is 0 Å². The summed E-state index contributed by atoms with van der Waals surface area (Å²) in [5.74, 6) is -0.385. The average Bonchev–Trinajstić information content (AvgIpc) is 2.12. The molecule has 0 aliphatic heterocycles. The maximum Gasteiger partial charge on any atom is 0.304 e. The first-order valence-corrected chi connectivity index (χ1v) is 6.95. The summed E-state index contributed by atoms with van der Waals surface area (Å²) in [5.41, 5.74) is 0. The molecule has 1 N–H and O–H groups in total. The van der Waals surface area contributed by atoms with E-state index < -0.39 is 5.97 Å². The Labute approximate surface area is 108 Å². The largest absolute Gasteiger partial charge is 0.481 e. The third-order valence-corrected chi connectivity index (χ3v) is 3.50. The predicted molar refractivity (Wildman–Crippen MR) is 71.3 cm³/mol. The van der Waals surface area contributed by atoms with Crippen LogP contribution in [0.25, 0.3) is 0 Å². The van der Waals surface area contributed by atoms with E-state index in [1.54, 1.807) is 0 Å². The van der Waals surface area contributed by atoms with Gasteiger partial charge in [-0.2, -0.15) is 0 Å². The van der Waals surface area contributed by atoms with Gasteiger partial charge in [0.05, 0.1) is 12.2 Å². The van der Waals surface area contributed by atoms with Crippen LogP contribution in [-0.2, 0) is 9.59 Å². The number of rotatable bonds is 7. The first-order chi connectivity index (χ1) is 7.75. The van der Waals surface area contributed by atoms with E-state index in [1.165, 1.54) is 11.8 Å². The number of carboxylic acid groups (broad SMARTS) is 1. The van der Waals surface area contributed by atoms with Crippen LogP contribution in [0.5, 0.6) is 0 Å². The topological polar surface area (TPSA) is 57.6 Å². The molecule has 100 valence electrons. The van der Waals surface area contributed by atoms with Gasteiger partial charge in [0, 0.05) is 17.3 Å². The maximum absolute atomic E-state index is 12.0. The van der Waals surface area contributed by atoms with Crippen molar-refractivity contribution in [2.45, 2.75) is 58.4 Å². The molecule has 0 aromatic heterocycles. The smallest absolute Gasteiger partial charge is 0.304 e. The number of aliphatic carboxylic acids is 1. The van der Waals surface area contributed by atoms with Crippen LogP contribution in [0.1, 0.15) is 41.0 Å². The molecule has 0 heterocycles. The average molecular weight is 261 g/mol. The quantitative estimate of drug-likeness (QED) is 0.763. The number of hydrogen-bond acceptors (Lipinski definition) is 3. The number of carbonyl (C=O) groups excluding carboxylic acids is 1. The molecule has 1 amide bonds. The van der Waals surface area contributed by atoms with Gasteiger partial charge in [-0.1, -0.05) is 6.92 Å². The van der Waals surface area contributed by atoms with Gasteiger partial charge in [0.25, 0.3) is 0 Å². The molecule has 0 rings (SSSR count). The van der Waals surface area contributed by atoms with Crippen molar-refractivity contribution < 1.29 is 14.7 Å². The molecule has 0 aromatic rings. The summed E-state index contributed by atoms with van der Waals surface area (Å²) in [6.07, 6.45) is 0.0985. The minimum Gasteiger partial charge on any atom is -0.481 e. The highest BCUT2D eigenvalue weighted by Crippen LogP contribution is 2.16. The van der Waals surface area contributed by atoms with Crippen molar-refractivity contribution in [1.29, 1.82) is 0 Å². The van der Waals surface area contributed by atoms with Crippen molar-refractivity contribution in [3.63, 3.8) is 0 Å². The summed E-state index contributed by atoms with van der Waals surface area (Å²) in [5, 5.41) is 8.60. The zero-order chi connectivity index (χ0) is 13.6. The van der Waals surface area contributed by atoms with Crippen molar-refractivity contribution in [2.75, 3.05) is 5.75 Å². The molecule has 1 atom stereocenters. The molecule has 0 saturated heterocycles. The second-order valence-electron chi connectivity index (χ2n) is 4.71. The fourth-order valence-electron chi connectivity index (χ4n) is 1.77. The van der Waals surface area contributed by atoms with Gasteiger partial charge >= 0.3 is 5.97 Å². The zero-order valence-corrected chi connectivity index (χ0v) is 12.1. The molecule has 0 radical (unpaired) electrons. The second kappa shape index (κ2) is 7.58.